The number of rotatable bonds is 9. The minimum absolute atomic E-state index is 0.138. The number of ether oxygens (including phenoxy) is 6. The third-order valence-corrected chi connectivity index (χ3v) is 9.00. The molecule has 0 unspecified atom stereocenters. The molecule has 13 atom stereocenters. The molecule has 19 nitrogen and oxygen atoms in total. The van der Waals surface area contributed by atoms with Crippen LogP contribution in [0.25, 0.3) is 22.3 Å². The maximum Gasteiger partial charge on any atom is 0.239 e. The Hall–Kier alpha value is -3.67. The van der Waals surface area contributed by atoms with Crippen LogP contribution in [0.1, 0.15) is 6.92 Å². The van der Waals surface area contributed by atoms with Gasteiger partial charge in [0.25, 0.3) is 0 Å². The van der Waals surface area contributed by atoms with E-state index in [2.05, 4.69) is 0 Å². The minimum atomic E-state index is -2.01. The Balaban J connectivity index is 1.31. The third kappa shape index (κ3) is 6.97. The van der Waals surface area contributed by atoms with Gasteiger partial charge in [0.05, 0.1) is 25.9 Å². The molecule has 0 aliphatic carbocycles. The van der Waals surface area contributed by atoms with Gasteiger partial charge in [-0.2, -0.15) is 0 Å². The van der Waals surface area contributed by atoms with Crippen molar-refractivity contribution in [2.45, 2.75) is 86.3 Å². The van der Waals surface area contributed by atoms with Gasteiger partial charge in [0.1, 0.15) is 82.7 Å². The predicted molar refractivity (Wildman–Crippen MR) is 165 cm³/mol. The Morgan fingerprint density at radius 2 is 1.49 bits per heavy atom. The summed E-state index contributed by atoms with van der Waals surface area (Å²) in [4.78, 5) is 14.0. The van der Waals surface area contributed by atoms with Crippen LogP contribution < -0.4 is 14.9 Å². The Kier molecular flexibility index (Phi) is 10.5. The smallest absolute Gasteiger partial charge is 0.239 e. The first kappa shape index (κ1) is 37.1. The molecule has 2 aromatic carbocycles. The molecular formula is C32H38O19. The second-order valence-electron chi connectivity index (χ2n) is 12.6. The van der Waals surface area contributed by atoms with Gasteiger partial charge in [0.15, 0.2) is 12.1 Å². The molecule has 19 heteroatoms. The van der Waals surface area contributed by atoms with Crippen molar-refractivity contribution >= 4 is 11.0 Å². The van der Waals surface area contributed by atoms with Gasteiger partial charge in [-0.15, -0.1) is 0 Å². The molecule has 0 saturated carbocycles. The molecule has 0 radical (unpaired) electrons. The highest BCUT2D eigenvalue weighted by molar-refractivity contribution is 5.88. The van der Waals surface area contributed by atoms with E-state index in [1.54, 1.807) is 0 Å². The summed E-state index contributed by atoms with van der Waals surface area (Å²) in [5.41, 5.74) is -3.17. The van der Waals surface area contributed by atoms with Crippen LogP contribution in [-0.2, 0) is 18.9 Å². The van der Waals surface area contributed by atoms with Gasteiger partial charge in [-0.25, -0.2) is 0 Å². The number of aromatic hydroxyl groups is 2. The monoisotopic (exact) mass is 726 g/mol. The van der Waals surface area contributed by atoms with Crippen LogP contribution in [-0.4, -0.2) is 155 Å². The lowest BCUT2D eigenvalue weighted by Gasteiger charge is -2.42. The summed E-state index contributed by atoms with van der Waals surface area (Å²) in [7, 11) is 0. The topological polar surface area (TPSA) is 308 Å². The van der Waals surface area contributed by atoms with Crippen LogP contribution in [0.3, 0.4) is 0 Å². The average Bonchev–Trinajstić information content (AvgIpc) is 3.39. The van der Waals surface area contributed by atoms with Gasteiger partial charge in [-0.3, -0.25) is 4.79 Å². The number of aliphatic hydroxyl groups is 9. The quantitative estimate of drug-likeness (QED) is 0.103. The molecule has 3 aromatic rings. The number of aliphatic hydroxyl groups excluding tert-OH is 8. The van der Waals surface area contributed by atoms with E-state index in [1.807, 2.05) is 0 Å². The third-order valence-electron chi connectivity index (χ3n) is 9.00. The van der Waals surface area contributed by atoms with Crippen LogP contribution in [0.15, 0.2) is 45.6 Å². The van der Waals surface area contributed by atoms with Crippen LogP contribution in [0.4, 0.5) is 0 Å². The van der Waals surface area contributed by atoms with E-state index >= 15 is 0 Å². The summed E-state index contributed by atoms with van der Waals surface area (Å²) >= 11 is 0. The Labute approximate surface area is 287 Å². The fourth-order valence-corrected chi connectivity index (χ4v) is 5.87. The molecule has 4 heterocycles. The normalized spacial score (nSPS) is 37.1. The maximum atomic E-state index is 14.0. The van der Waals surface area contributed by atoms with Gasteiger partial charge in [0, 0.05) is 17.7 Å². The molecule has 3 fully saturated rings. The van der Waals surface area contributed by atoms with Crippen molar-refractivity contribution in [1.82, 2.24) is 0 Å². The number of benzene rings is 2. The van der Waals surface area contributed by atoms with Crippen LogP contribution in [0, 0.1) is 0 Å². The molecule has 51 heavy (non-hydrogen) atoms. The van der Waals surface area contributed by atoms with Crippen LogP contribution in [0.5, 0.6) is 23.0 Å². The zero-order valence-electron chi connectivity index (χ0n) is 26.7. The second kappa shape index (κ2) is 14.4. The minimum Gasteiger partial charge on any atom is -0.508 e. The van der Waals surface area contributed by atoms with Gasteiger partial charge in [-0.05, 0) is 31.2 Å². The number of fused-ring (bicyclic) bond motifs is 1. The zero-order chi connectivity index (χ0) is 36.9. The van der Waals surface area contributed by atoms with E-state index in [-0.39, 0.29) is 28.4 Å². The van der Waals surface area contributed by atoms with Crippen molar-refractivity contribution in [2.75, 3.05) is 19.8 Å². The number of hydrogen-bond donors (Lipinski definition) is 11. The average molecular weight is 727 g/mol. The predicted octanol–water partition coefficient (Wildman–Crippen LogP) is -3.28. The largest absolute Gasteiger partial charge is 0.508 e. The highest BCUT2D eigenvalue weighted by Gasteiger charge is 2.50. The number of hydrogen-bond acceptors (Lipinski definition) is 19. The summed E-state index contributed by atoms with van der Waals surface area (Å²) in [5.74, 6) is -2.01. The van der Waals surface area contributed by atoms with E-state index in [0.29, 0.717) is 0 Å². The fraction of sp³-hybridized carbons (Fsp3) is 0.531. The Morgan fingerprint density at radius 3 is 2.16 bits per heavy atom. The van der Waals surface area contributed by atoms with Crippen LogP contribution >= 0.6 is 0 Å². The SMILES string of the molecule is C[C@H]1O[C@H](OC[C@H]2O[C@H](Oc3c(-c4ccc(O)cc4)oc4cc(O[C@@H]5OC[C@](O)(CO)[C@H]5O)cc(O)c4c3=O)[C@H](O)[C@@H](O)[C@H]2O)[C@@H](O)[C@@H](O)[C@@H]1O. The van der Waals surface area contributed by atoms with E-state index in [0.717, 1.165) is 12.1 Å². The number of phenolic OH excluding ortho intramolecular Hbond substituents is 2. The molecule has 280 valence electrons. The van der Waals surface area contributed by atoms with Gasteiger partial charge in [-0.1, -0.05) is 0 Å². The van der Waals surface area contributed by atoms with Crippen molar-refractivity contribution in [2.24, 2.45) is 0 Å². The van der Waals surface area contributed by atoms with Gasteiger partial charge >= 0.3 is 0 Å². The molecule has 11 N–H and O–H groups in total. The van der Waals surface area contributed by atoms with E-state index in [9.17, 15) is 61.0 Å². The summed E-state index contributed by atoms with van der Waals surface area (Å²) in [6.45, 7) is -0.490. The fourth-order valence-electron chi connectivity index (χ4n) is 5.87. The molecule has 0 amide bonds. The highest BCUT2D eigenvalue weighted by atomic mass is 16.7. The van der Waals surface area contributed by atoms with Gasteiger partial charge < -0.3 is 89.0 Å². The lowest BCUT2D eigenvalue weighted by atomic mass is 9.98. The molecule has 3 aliphatic heterocycles. The van der Waals surface area contributed by atoms with E-state index < -0.39 is 122 Å². The zero-order valence-corrected chi connectivity index (χ0v) is 26.7. The molecule has 0 spiro atoms. The maximum absolute atomic E-state index is 14.0. The first-order chi connectivity index (χ1) is 24.1. The molecular weight excluding hydrogens is 688 g/mol. The summed E-state index contributed by atoms with van der Waals surface area (Å²) in [6.07, 6.45) is -19.5. The first-order valence-corrected chi connectivity index (χ1v) is 15.7. The standard InChI is InChI=1S/C32H38O19/c1-11-19(36)22(39)24(41)29(47-11)45-8-17-20(37)23(40)25(42)30(50-17)51-27-21(38)18-15(35)6-14(48-31-28(43)32(44,9-33)10-46-31)7-16(18)49-26(27)12-2-4-13(34)5-3-12/h2-7,11,17,19-20,22-25,28-31,33-37,39-44H,8-10H2,1H3/t11-,17-,19-,20+,22+,23+,24+,25-,28+,29+,30-,31+,32-/m1/s1. The van der Waals surface area contributed by atoms with Crippen LogP contribution in [0.2, 0.25) is 0 Å². The lowest BCUT2D eigenvalue weighted by Crippen LogP contribution is -2.61. The lowest BCUT2D eigenvalue weighted by molar-refractivity contribution is -0.318. The number of phenols is 2. The van der Waals surface area contributed by atoms with E-state index in [4.69, 9.17) is 32.8 Å². The van der Waals surface area contributed by atoms with Crippen molar-refractivity contribution in [3.63, 3.8) is 0 Å². The second-order valence-corrected chi connectivity index (χ2v) is 12.6. The van der Waals surface area contributed by atoms with Crippen molar-refractivity contribution in [3.05, 3.63) is 46.6 Å². The Morgan fingerprint density at radius 1 is 0.824 bits per heavy atom. The molecule has 6 rings (SSSR count). The molecule has 1 aromatic heterocycles. The van der Waals surface area contributed by atoms with Crippen molar-refractivity contribution in [3.8, 4) is 34.3 Å². The van der Waals surface area contributed by atoms with Gasteiger partial charge in [0.2, 0.25) is 23.8 Å². The van der Waals surface area contributed by atoms with Crippen molar-refractivity contribution in [1.29, 1.82) is 0 Å². The first-order valence-electron chi connectivity index (χ1n) is 15.7. The molecule has 3 saturated heterocycles. The molecule has 3 aliphatic rings. The Bertz CT molecular complexity index is 1750. The summed E-state index contributed by atoms with van der Waals surface area (Å²) in [5, 5.41) is 113. The van der Waals surface area contributed by atoms with Crippen molar-refractivity contribution < 1.29 is 89.0 Å². The molecule has 0 bridgehead atoms. The highest BCUT2D eigenvalue weighted by Crippen LogP contribution is 2.39. The summed E-state index contributed by atoms with van der Waals surface area (Å²) in [6, 6.07) is 7.36. The summed E-state index contributed by atoms with van der Waals surface area (Å²) < 4.78 is 39.2. The van der Waals surface area contributed by atoms with E-state index in [1.165, 1.54) is 31.2 Å².